The summed E-state index contributed by atoms with van der Waals surface area (Å²) < 4.78 is 37.8. The van der Waals surface area contributed by atoms with Crippen molar-refractivity contribution in [2.75, 3.05) is 12.4 Å². The van der Waals surface area contributed by atoms with Crippen LogP contribution in [0.15, 0.2) is 40.8 Å². The Balaban J connectivity index is 1.94. The summed E-state index contributed by atoms with van der Waals surface area (Å²) in [4.78, 5) is 12.3. The highest BCUT2D eigenvalue weighted by molar-refractivity contribution is 6.04. The second-order valence-electron chi connectivity index (χ2n) is 6.27. The second kappa shape index (κ2) is 7.23. The lowest BCUT2D eigenvalue weighted by atomic mass is 10.0. The van der Waals surface area contributed by atoms with Gasteiger partial charge in [-0.3, -0.25) is 4.79 Å². The van der Waals surface area contributed by atoms with E-state index in [0.29, 0.717) is 23.0 Å². The van der Waals surface area contributed by atoms with Crippen molar-refractivity contribution in [2.24, 2.45) is 0 Å². The molecule has 0 spiro atoms. The molecule has 0 saturated carbocycles. The number of halogens is 2. The number of ether oxygens (including phenoxy) is 1. The van der Waals surface area contributed by atoms with Crippen LogP contribution < -0.4 is 10.1 Å². The number of anilines is 1. The van der Waals surface area contributed by atoms with Gasteiger partial charge in [0, 0.05) is 29.2 Å². The number of methoxy groups -OCH3 is 1. The molecule has 2 aromatic carbocycles. The predicted octanol–water partition coefficient (Wildman–Crippen LogP) is 5.38. The fourth-order valence-electron chi connectivity index (χ4n) is 2.88. The van der Waals surface area contributed by atoms with E-state index < -0.39 is 17.5 Å². The van der Waals surface area contributed by atoms with Crippen LogP contribution in [0.5, 0.6) is 5.75 Å². The lowest BCUT2D eigenvalue weighted by molar-refractivity contribution is -0.111. The van der Waals surface area contributed by atoms with Gasteiger partial charge in [0.15, 0.2) is 0 Å². The SMILES string of the molecule is COc1cc2oc(C)c(C)c2cc1/C(C)=C/C(=O)Nc1ccc(F)cc1F. The molecule has 0 aliphatic carbocycles. The van der Waals surface area contributed by atoms with Gasteiger partial charge in [0.2, 0.25) is 5.91 Å². The van der Waals surface area contributed by atoms with Crippen molar-refractivity contribution in [3.8, 4) is 5.75 Å². The summed E-state index contributed by atoms with van der Waals surface area (Å²) in [6.45, 7) is 5.60. The molecule has 1 aromatic heterocycles. The highest BCUT2D eigenvalue weighted by Gasteiger charge is 2.14. The summed E-state index contributed by atoms with van der Waals surface area (Å²) in [5, 5.41) is 3.34. The third-order valence-electron chi connectivity index (χ3n) is 4.46. The maximum absolute atomic E-state index is 13.7. The Kier molecular flexibility index (Phi) is 4.99. The summed E-state index contributed by atoms with van der Waals surface area (Å²) in [6, 6.07) is 6.65. The van der Waals surface area contributed by atoms with Crippen molar-refractivity contribution in [3.63, 3.8) is 0 Å². The summed E-state index contributed by atoms with van der Waals surface area (Å²) >= 11 is 0. The molecule has 27 heavy (non-hydrogen) atoms. The topological polar surface area (TPSA) is 51.5 Å². The Labute approximate surface area is 155 Å². The Bertz CT molecular complexity index is 1070. The molecule has 0 atom stereocenters. The summed E-state index contributed by atoms with van der Waals surface area (Å²) in [5.41, 5.74) is 2.99. The van der Waals surface area contributed by atoms with Gasteiger partial charge in [-0.05, 0) is 50.1 Å². The Morgan fingerprint density at radius 2 is 1.93 bits per heavy atom. The van der Waals surface area contributed by atoms with Crippen LogP contribution in [0.2, 0.25) is 0 Å². The Morgan fingerprint density at radius 3 is 2.59 bits per heavy atom. The van der Waals surface area contributed by atoms with E-state index in [1.165, 1.54) is 19.3 Å². The number of aryl methyl sites for hydroxylation is 2. The normalized spacial score (nSPS) is 11.7. The monoisotopic (exact) mass is 371 g/mol. The maximum Gasteiger partial charge on any atom is 0.248 e. The van der Waals surface area contributed by atoms with Crippen molar-refractivity contribution in [3.05, 3.63) is 64.9 Å². The molecule has 1 heterocycles. The summed E-state index contributed by atoms with van der Waals surface area (Å²) in [5.74, 6) is -0.694. The molecule has 1 N–H and O–H groups in total. The zero-order valence-electron chi connectivity index (χ0n) is 15.4. The molecule has 0 fully saturated rings. The van der Waals surface area contributed by atoms with E-state index in [-0.39, 0.29) is 5.69 Å². The number of amides is 1. The molecule has 4 nitrogen and oxygen atoms in total. The zero-order chi connectivity index (χ0) is 19.7. The molecule has 6 heteroatoms. The first-order valence-electron chi connectivity index (χ1n) is 8.32. The van der Waals surface area contributed by atoms with Gasteiger partial charge >= 0.3 is 0 Å². The third-order valence-corrected chi connectivity index (χ3v) is 4.46. The minimum Gasteiger partial charge on any atom is -0.496 e. The molecule has 0 aliphatic rings. The van der Waals surface area contributed by atoms with E-state index >= 15 is 0 Å². The number of furan rings is 1. The molecular formula is C21H19F2NO3. The lowest BCUT2D eigenvalue weighted by Gasteiger charge is -2.10. The number of allylic oxidation sites excluding steroid dienone is 1. The Morgan fingerprint density at radius 1 is 1.19 bits per heavy atom. The molecule has 1 amide bonds. The molecule has 0 bridgehead atoms. The van der Waals surface area contributed by atoms with Crippen LogP contribution in [0.1, 0.15) is 23.8 Å². The van der Waals surface area contributed by atoms with Crippen LogP contribution in [0.3, 0.4) is 0 Å². The van der Waals surface area contributed by atoms with Gasteiger partial charge in [-0.25, -0.2) is 8.78 Å². The average molecular weight is 371 g/mol. The van der Waals surface area contributed by atoms with E-state index in [4.69, 9.17) is 9.15 Å². The quantitative estimate of drug-likeness (QED) is 0.627. The second-order valence-corrected chi connectivity index (χ2v) is 6.27. The van der Waals surface area contributed by atoms with Crippen LogP contribution in [0, 0.1) is 25.5 Å². The Hall–Kier alpha value is -3.15. The predicted molar refractivity (Wildman–Crippen MR) is 101 cm³/mol. The van der Waals surface area contributed by atoms with Gasteiger partial charge in [0.25, 0.3) is 0 Å². The van der Waals surface area contributed by atoms with Gasteiger partial charge in [0.1, 0.15) is 28.7 Å². The minimum absolute atomic E-state index is 0.0887. The minimum atomic E-state index is -0.835. The van der Waals surface area contributed by atoms with Crippen LogP contribution in [-0.4, -0.2) is 13.0 Å². The fraction of sp³-hybridized carbons (Fsp3) is 0.190. The molecule has 3 aromatic rings. The first-order chi connectivity index (χ1) is 12.8. The average Bonchev–Trinajstić information content (AvgIpc) is 2.89. The van der Waals surface area contributed by atoms with Crippen LogP contribution >= 0.6 is 0 Å². The number of hydrogen-bond acceptors (Lipinski definition) is 3. The van der Waals surface area contributed by atoms with Gasteiger partial charge in [-0.1, -0.05) is 0 Å². The van der Waals surface area contributed by atoms with Crippen LogP contribution in [-0.2, 0) is 4.79 Å². The highest BCUT2D eigenvalue weighted by Crippen LogP contribution is 2.34. The molecule has 0 saturated heterocycles. The number of fused-ring (bicyclic) bond motifs is 1. The largest absolute Gasteiger partial charge is 0.496 e. The molecular weight excluding hydrogens is 352 g/mol. The number of benzene rings is 2. The number of rotatable bonds is 4. The smallest absolute Gasteiger partial charge is 0.248 e. The van der Waals surface area contributed by atoms with E-state index in [9.17, 15) is 13.6 Å². The van der Waals surface area contributed by atoms with Crippen LogP contribution in [0.4, 0.5) is 14.5 Å². The lowest BCUT2D eigenvalue weighted by Crippen LogP contribution is -2.10. The molecule has 140 valence electrons. The summed E-state index contributed by atoms with van der Waals surface area (Å²) in [6.07, 6.45) is 1.34. The number of carbonyl (C=O) groups is 1. The molecule has 3 rings (SSSR count). The number of nitrogens with one attached hydrogen (secondary N) is 1. The van der Waals surface area contributed by atoms with E-state index in [1.807, 2.05) is 19.9 Å². The van der Waals surface area contributed by atoms with Gasteiger partial charge < -0.3 is 14.5 Å². The first kappa shape index (κ1) is 18.6. The van der Waals surface area contributed by atoms with Crippen molar-refractivity contribution in [1.29, 1.82) is 0 Å². The molecule has 0 radical (unpaired) electrons. The van der Waals surface area contributed by atoms with Gasteiger partial charge in [-0.15, -0.1) is 0 Å². The van der Waals surface area contributed by atoms with E-state index in [1.54, 1.807) is 13.0 Å². The van der Waals surface area contributed by atoms with Crippen molar-refractivity contribution in [1.82, 2.24) is 0 Å². The van der Waals surface area contributed by atoms with Gasteiger partial charge in [-0.2, -0.15) is 0 Å². The summed E-state index contributed by atoms with van der Waals surface area (Å²) in [7, 11) is 1.54. The van der Waals surface area contributed by atoms with E-state index in [2.05, 4.69) is 5.32 Å². The standard InChI is InChI=1S/C21H19F2NO3/c1-11(7-21(25)24-18-6-5-14(22)8-17(18)23)15-9-16-12(2)13(3)27-20(16)10-19(15)26-4/h5-10H,1-4H3,(H,24,25)/b11-7+. The number of carbonyl (C=O) groups excluding carboxylic acids is 1. The fourth-order valence-corrected chi connectivity index (χ4v) is 2.88. The zero-order valence-corrected chi connectivity index (χ0v) is 15.4. The molecule has 0 aliphatic heterocycles. The van der Waals surface area contributed by atoms with E-state index in [0.717, 1.165) is 28.3 Å². The maximum atomic E-state index is 13.7. The van der Waals surface area contributed by atoms with Crippen molar-refractivity contribution < 1.29 is 22.7 Å². The van der Waals surface area contributed by atoms with Crippen LogP contribution in [0.25, 0.3) is 16.5 Å². The highest BCUT2D eigenvalue weighted by atomic mass is 19.1. The first-order valence-corrected chi connectivity index (χ1v) is 8.32. The third kappa shape index (κ3) is 3.69. The number of hydrogen-bond donors (Lipinski definition) is 1. The van der Waals surface area contributed by atoms with Crippen molar-refractivity contribution in [2.45, 2.75) is 20.8 Å². The molecule has 0 unspecified atom stereocenters. The van der Waals surface area contributed by atoms with Gasteiger partial charge in [0.05, 0.1) is 12.8 Å². The van der Waals surface area contributed by atoms with Crippen molar-refractivity contribution >= 4 is 28.1 Å².